The summed E-state index contributed by atoms with van der Waals surface area (Å²) in [6.07, 6.45) is 4.62. The number of rotatable bonds is 12. The molecule has 0 bridgehead atoms. The van der Waals surface area contributed by atoms with E-state index in [1.165, 1.54) is 60.8 Å². The highest BCUT2D eigenvalue weighted by molar-refractivity contribution is 6.63. The summed E-state index contributed by atoms with van der Waals surface area (Å²) in [6, 6.07) is 22.3. The summed E-state index contributed by atoms with van der Waals surface area (Å²) in [7, 11) is 0.663. The fraction of sp³-hybridized carbons (Fsp3) is 0.488. The molecule has 0 amide bonds. The second-order valence-electron chi connectivity index (χ2n) is 13.9. The van der Waals surface area contributed by atoms with Gasteiger partial charge in [-0.1, -0.05) is 138 Å². The molecule has 234 valence electrons. The number of hydrogen-bond acceptors (Lipinski definition) is 0. The molecule has 0 heterocycles. The van der Waals surface area contributed by atoms with Crippen LogP contribution in [-0.4, -0.2) is 9.52 Å². The molecule has 0 fully saturated rings. The Kier molecular flexibility index (Phi) is 11.4. The third kappa shape index (κ3) is 6.94. The summed E-state index contributed by atoms with van der Waals surface area (Å²) in [4.78, 5) is 0. The van der Waals surface area contributed by atoms with E-state index >= 15 is 0 Å². The van der Waals surface area contributed by atoms with E-state index in [0.29, 0.717) is 39.1 Å². The van der Waals surface area contributed by atoms with Crippen molar-refractivity contribution in [3.05, 3.63) is 98.8 Å². The molecule has 5 unspecified atom stereocenters. The summed E-state index contributed by atoms with van der Waals surface area (Å²) >= 11 is 0. The predicted molar refractivity (Wildman–Crippen MR) is 198 cm³/mol. The Hall–Kier alpha value is -2.64. The number of allylic oxidation sites excluding steroid dienone is 4. The van der Waals surface area contributed by atoms with Crippen LogP contribution < -0.4 is 5.19 Å². The van der Waals surface area contributed by atoms with Crippen molar-refractivity contribution in [1.82, 2.24) is 0 Å². The van der Waals surface area contributed by atoms with E-state index in [0.717, 1.165) is 25.7 Å². The first-order valence-electron chi connectivity index (χ1n) is 17.5. The van der Waals surface area contributed by atoms with Crippen molar-refractivity contribution in [2.75, 3.05) is 0 Å². The molecule has 0 N–H and O–H groups in total. The topological polar surface area (TPSA) is 0 Å². The average Bonchev–Trinajstić information content (AvgIpc) is 3.23. The number of benzene rings is 3. The molecule has 3 aromatic carbocycles. The lowest BCUT2D eigenvalue weighted by Gasteiger charge is -2.23. The van der Waals surface area contributed by atoms with E-state index in [9.17, 15) is 0 Å². The Morgan fingerprint density at radius 2 is 1.02 bits per heavy atom. The van der Waals surface area contributed by atoms with E-state index in [-0.39, 0.29) is 0 Å². The van der Waals surface area contributed by atoms with Gasteiger partial charge in [0.2, 0.25) is 0 Å². The SMILES string of the molecule is CCC(C)c1cc(-c2cccc([Si]C3=C(C)C(C)=C(C)C3C)c2-c2cc(C(C)CC)cc(C(C)CC)c2)cc(C(C)CC)c1. The van der Waals surface area contributed by atoms with Crippen LogP contribution in [0.2, 0.25) is 0 Å². The standard InChI is InChI=1S/C43H58Si/c1-13-26(5)34-20-35(27(6)14-2)23-38(22-34)40-18-17-19-41(44-43-32(11)30(9)31(10)33(43)12)42(40)39-24-36(28(7)15-3)21-37(25-39)29(8)16-4/h17-29,32H,13-16H2,1-12H3. The minimum absolute atomic E-state index is 0.512. The van der Waals surface area contributed by atoms with Gasteiger partial charge in [-0.05, 0) is 126 Å². The zero-order valence-corrected chi connectivity index (χ0v) is 30.9. The Balaban J connectivity index is 2.06. The van der Waals surface area contributed by atoms with Gasteiger partial charge in [-0.25, -0.2) is 0 Å². The monoisotopic (exact) mass is 602 g/mol. The maximum atomic E-state index is 2.54. The minimum Gasteiger partial charge on any atom is -0.0695 e. The zero-order valence-electron chi connectivity index (χ0n) is 29.9. The normalized spacial score (nSPS) is 18.1. The van der Waals surface area contributed by atoms with Gasteiger partial charge in [-0.2, -0.15) is 0 Å². The Morgan fingerprint density at radius 3 is 1.41 bits per heavy atom. The molecule has 44 heavy (non-hydrogen) atoms. The van der Waals surface area contributed by atoms with Gasteiger partial charge in [-0.3, -0.25) is 0 Å². The van der Waals surface area contributed by atoms with Crippen LogP contribution in [0.25, 0.3) is 22.3 Å². The molecule has 4 rings (SSSR count). The smallest absolute Gasteiger partial charge is 0.0695 e. The molecule has 0 aliphatic heterocycles. The molecule has 5 atom stereocenters. The summed E-state index contributed by atoms with van der Waals surface area (Å²) < 4.78 is 0. The molecule has 3 aromatic rings. The first-order chi connectivity index (χ1) is 20.9. The molecule has 0 saturated carbocycles. The van der Waals surface area contributed by atoms with Gasteiger partial charge in [-0.15, -0.1) is 0 Å². The highest BCUT2D eigenvalue weighted by Crippen LogP contribution is 2.40. The van der Waals surface area contributed by atoms with Gasteiger partial charge in [0.25, 0.3) is 0 Å². The van der Waals surface area contributed by atoms with Crippen molar-refractivity contribution < 1.29 is 0 Å². The lowest BCUT2D eigenvalue weighted by molar-refractivity contribution is 0.711. The van der Waals surface area contributed by atoms with Gasteiger partial charge in [0.15, 0.2) is 0 Å². The van der Waals surface area contributed by atoms with Crippen LogP contribution in [-0.2, 0) is 0 Å². The second kappa shape index (κ2) is 14.6. The number of hydrogen-bond donors (Lipinski definition) is 0. The van der Waals surface area contributed by atoms with E-state index in [1.54, 1.807) is 10.8 Å². The summed E-state index contributed by atoms with van der Waals surface area (Å²) in [5, 5.41) is 3.11. The van der Waals surface area contributed by atoms with Gasteiger partial charge in [0, 0.05) is 0 Å². The quantitative estimate of drug-likeness (QED) is 0.181. The van der Waals surface area contributed by atoms with Gasteiger partial charge in [0.05, 0.1) is 0 Å². The summed E-state index contributed by atoms with van der Waals surface area (Å²) in [5.74, 6) is 2.67. The highest BCUT2D eigenvalue weighted by atomic mass is 28.2. The van der Waals surface area contributed by atoms with Gasteiger partial charge >= 0.3 is 0 Å². The zero-order chi connectivity index (χ0) is 32.3. The van der Waals surface area contributed by atoms with E-state index < -0.39 is 0 Å². The fourth-order valence-electron chi connectivity index (χ4n) is 6.65. The van der Waals surface area contributed by atoms with Crippen LogP contribution in [0.4, 0.5) is 0 Å². The van der Waals surface area contributed by atoms with Crippen molar-refractivity contribution in [1.29, 1.82) is 0 Å². The first kappa shape index (κ1) is 34.2. The minimum atomic E-state index is 0.512. The molecule has 1 aliphatic carbocycles. The van der Waals surface area contributed by atoms with E-state index in [4.69, 9.17) is 0 Å². The summed E-state index contributed by atoms with van der Waals surface area (Å²) in [5.41, 5.74) is 16.1. The third-order valence-corrected chi connectivity index (χ3v) is 13.0. The van der Waals surface area contributed by atoms with Gasteiger partial charge < -0.3 is 0 Å². The van der Waals surface area contributed by atoms with E-state index in [2.05, 4.69) is 138 Å². The lowest BCUT2D eigenvalue weighted by Crippen LogP contribution is -2.23. The van der Waals surface area contributed by atoms with Crippen molar-refractivity contribution in [2.24, 2.45) is 5.92 Å². The van der Waals surface area contributed by atoms with Crippen molar-refractivity contribution in [3.8, 4) is 22.3 Å². The molecule has 2 radical (unpaired) electrons. The second-order valence-corrected chi connectivity index (χ2v) is 15.3. The van der Waals surface area contributed by atoms with Crippen LogP contribution in [0, 0.1) is 5.92 Å². The Morgan fingerprint density at radius 1 is 0.591 bits per heavy atom. The average molecular weight is 603 g/mol. The molecule has 0 nitrogen and oxygen atoms in total. The Labute approximate surface area is 273 Å². The summed E-state index contributed by atoms with van der Waals surface area (Å²) in [6.45, 7) is 28.3. The fourth-order valence-corrected chi connectivity index (χ4v) is 8.33. The Bertz CT molecular complexity index is 1480. The molecule has 0 aromatic heterocycles. The van der Waals surface area contributed by atoms with Crippen LogP contribution in [0.3, 0.4) is 0 Å². The van der Waals surface area contributed by atoms with Gasteiger partial charge in [0.1, 0.15) is 9.52 Å². The molecule has 1 heteroatoms. The molecular weight excluding hydrogens is 545 g/mol. The molecule has 0 saturated heterocycles. The van der Waals surface area contributed by atoms with Crippen molar-refractivity contribution >= 4 is 14.7 Å². The van der Waals surface area contributed by atoms with Crippen LogP contribution >= 0.6 is 0 Å². The molecule has 0 spiro atoms. The largest absolute Gasteiger partial charge is 0.117 e. The first-order valence-corrected chi connectivity index (χ1v) is 18.5. The highest BCUT2D eigenvalue weighted by Gasteiger charge is 2.26. The molecular formula is C43H58Si. The van der Waals surface area contributed by atoms with Crippen molar-refractivity contribution in [3.63, 3.8) is 0 Å². The van der Waals surface area contributed by atoms with E-state index in [1.807, 2.05) is 0 Å². The predicted octanol–water partition coefficient (Wildman–Crippen LogP) is 12.7. The maximum Gasteiger partial charge on any atom is 0.117 e. The molecule has 1 aliphatic rings. The maximum absolute atomic E-state index is 2.54. The lowest BCUT2D eigenvalue weighted by atomic mass is 9.84. The van der Waals surface area contributed by atoms with Crippen molar-refractivity contribution in [2.45, 2.75) is 132 Å². The third-order valence-electron chi connectivity index (χ3n) is 11.3. The van der Waals surface area contributed by atoms with Crippen LogP contribution in [0.5, 0.6) is 0 Å². The van der Waals surface area contributed by atoms with Crippen LogP contribution in [0.1, 0.15) is 155 Å². The van der Waals surface area contributed by atoms with Crippen LogP contribution in [0.15, 0.2) is 76.5 Å².